The first-order valence-electron chi connectivity index (χ1n) is 7.40. The predicted octanol–water partition coefficient (Wildman–Crippen LogP) is 2.23. The summed E-state index contributed by atoms with van der Waals surface area (Å²) in [6, 6.07) is 0.228. The average Bonchev–Trinajstić information content (AvgIpc) is 2.41. The fraction of sp³-hybridized carbons (Fsp3) is 1.00. The second kappa shape index (κ2) is 8.10. The third-order valence-corrected chi connectivity index (χ3v) is 4.33. The number of hydrazine groups is 1. The minimum Gasteiger partial charge on any atom is -0.381 e. The van der Waals surface area contributed by atoms with Crippen LogP contribution in [0, 0.1) is 5.92 Å². The van der Waals surface area contributed by atoms with Gasteiger partial charge in [-0.3, -0.25) is 11.3 Å². The largest absolute Gasteiger partial charge is 0.381 e. The van der Waals surface area contributed by atoms with E-state index in [4.69, 9.17) is 15.3 Å². The Morgan fingerprint density at radius 1 is 1.22 bits per heavy atom. The van der Waals surface area contributed by atoms with Crippen molar-refractivity contribution in [3.63, 3.8) is 0 Å². The van der Waals surface area contributed by atoms with Crippen molar-refractivity contribution < 1.29 is 9.47 Å². The molecule has 18 heavy (non-hydrogen) atoms. The predicted molar refractivity (Wildman–Crippen MR) is 74.2 cm³/mol. The summed E-state index contributed by atoms with van der Waals surface area (Å²) >= 11 is 0. The maximum atomic E-state index is 6.09. The highest BCUT2D eigenvalue weighted by Crippen LogP contribution is 2.32. The molecule has 0 aromatic rings. The molecule has 0 aliphatic carbocycles. The highest BCUT2D eigenvalue weighted by Gasteiger charge is 2.41. The Hall–Kier alpha value is -0.160. The summed E-state index contributed by atoms with van der Waals surface area (Å²) in [6.45, 7) is 8.85. The Balaban J connectivity index is 2.72. The highest BCUT2D eigenvalue weighted by molar-refractivity contribution is 4.95. The topological polar surface area (TPSA) is 56.5 Å². The molecule has 0 spiro atoms. The Bertz CT molecular complexity index is 208. The van der Waals surface area contributed by atoms with Gasteiger partial charge in [0.05, 0.1) is 11.6 Å². The lowest BCUT2D eigenvalue weighted by molar-refractivity contribution is -0.130. The lowest BCUT2D eigenvalue weighted by Gasteiger charge is -2.43. The van der Waals surface area contributed by atoms with E-state index >= 15 is 0 Å². The molecule has 3 N–H and O–H groups in total. The molecule has 1 aliphatic heterocycles. The molecule has 4 heteroatoms. The van der Waals surface area contributed by atoms with Crippen molar-refractivity contribution in [3.05, 3.63) is 0 Å². The van der Waals surface area contributed by atoms with E-state index in [-0.39, 0.29) is 11.6 Å². The Morgan fingerprint density at radius 3 is 2.28 bits per heavy atom. The van der Waals surface area contributed by atoms with Gasteiger partial charge in [0.25, 0.3) is 0 Å². The maximum Gasteiger partial charge on any atom is 0.0891 e. The van der Waals surface area contributed by atoms with Crippen LogP contribution in [0.15, 0.2) is 0 Å². The van der Waals surface area contributed by atoms with Crippen LogP contribution in [-0.4, -0.2) is 31.5 Å². The van der Waals surface area contributed by atoms with Crippen molar-refractivity contribution in [2.75, 3.05) is 19.8 Å². The lowest BCUT2D eigenvalue weighted by atomic mass is 9.80. The number of ether oxygens (including phenoxy) is 2. The van der Waals surface area contributed by atoms with Crippen LogP contribution in [-0.2, 0) is 9.47 Å². The zero-order valence-corrected chi connectivity index (χ0v) is 12.2. The first-order valence-corrected chi connectivity index (χ1v) is 7.40. The molecule has 1 aliphatic rings. The van der Waals surface area contributed by atoms with Gasteiger partial charge in [0.1, 0.15) is 0 Å². The molecule has 0 radical (unpaired) electrons. The van der Waals surface area contributed by atoms with Gasteiger partial charge < -0.3 is 9.47 Å². The maximum absolute atomic E-state index is 6.09. The van der Waals surface area contributed by atoms with Gasteiger partial charge in [0, 0.05) is 32.7 Å². The van der Waals surface area contributed by atoms with Crippen LogP contribution in [0.1, 0.15) is 52.9 Å². The van der Waals surface area contributed by atoms with Crippen molar-refractivity contribution in [1.82, 2.24) is 5.43 Å². The van der Waals surface area contributed by atoms with Gasteiger partial charge in [0.15, 0.2) is 0 Å². The van der Waals surface area contributed by atoms with Gasteiger partial charge >= 0.3 is 0 Å². The van der Waals surface area contributed by atoms with Crippen LogP contribution < -0.4 is 11.3 Å². The van der Waals surface area contributed by atoms with Crippen LogP contribution in [0.25, 0.3) is 0 Å². The highest BCUT2D eigenvalue weighted by atomic mass is 16.5. The van der Waals surface area contributed by atoms with Crippen molar-refractivity contribution >= 4 is 0 Å². The van der Waals surface area contributed by atoms with Gasteiger partial charge in [0.2, 0.25) is 0 Å². The van der Waals surface area contributed by atoms with Crippen LogP contribution in [0.4, 0.5) is 0 Å². The zero-order chi connectivity index (χ0) is 13.4. The quantitative estimate of drug-likeness (QED) is 0.518. The molecule has 0 aromatic carbocycles. The standard InChI is InChI=1S/C14H30N2O2/c1-4-12(5-2)11-13(16-15)14(18-6-3)7-9-17-10-8-14/h12-13,16H,4-11,15H2,1-3H3. The van der Waals surface area contributed by atoms with Crippen molar-refractivity contribution in [2.45, 2.75) is 64.5 Å². The first kappa shape index (κ1) is 15.9. The van der Waals surface area contributed by atoms with Gasteiger partial charge in [-0.1, -0.05) is 26.7 Å². The number of hydrogen-bond donors (Lipinski definition) is 2. The summed E-state index contributed by atoms with van der Waals surface area (Å²) in [5.41, 5.74) is 2.88. The van der Waals surface area contributed by atoms with E-state index in [1.165, 1.54) is 12.8 Å². The fourth-order valence-corrected chi connectivity index (χ4v) is 2.99. The third kappa shape index (κ3) is 3.92. The van der Waals surface area contributed by atoms with E-state index in [1.807, 2.05) is 0 Å². The van der Waals surface area contributed by atoms with Crippen molar-refractivity contribution in [2.24, 2.45) is 11.8 Å². The molecule has 0 amide bonds. The molecular formula is C14H30N2O2. The molecule has 1 rings (SSSR count). The Kier molecular flexibility index (Phi) is 7.15. The van der Waals surface area contributed by atoms with E-state index in [0.29, 0.717) is 5.92 Å². The van der Waals surface area contributed by atoms with Gasteiger partial charge in [-0.2, -0.15) is 0 Å². The number of nitrogens with two attached hydrogens (primary N) is 1. The second-order valence-electron chi connectivity index (χ2n) is 5.25. The summed E-state index contributed by atoms with van der Waals surface area (Å²) in [5, 5.41) is 0. The van der Waals surface area contributed by atoms with E-state index in [9.17, 15) is 0 Å². The molecule has 1 fully saturated rings. The minimum absolute atomic E-state index is 0.135. The molecule has 0 saturated carbocycles. The molecule has 1 atom stereocenters. The minimum atomic E-state index is -0.135. The molecule has 108 valence electrons. The summed E-state index contributed by atoms with van der Waals surface area (Å²) in [7, 11) is 0. The van der Waals surface area contributed by atoms with E-state index in [2.05, 4.69) is 26.2 Å². The third-order valence-electron chi connectivity index (χ3n) is 4.33. The molecule has 1 saturated heterocycles. The molecule has 4 nitrogen and oxygen atoms in total. The van der Waals surface area contributed by atoms with Crippen LogP contribution in [0.2, 0.25) is 0 Å². The van der Waals surface area contributed by atoms with Crippen LogP contribution in [0.3, 0.4) is 0 Å². The zero-order valence-electron chi connectivity index (χ0n) is 12.2. The molecule has 0 bridgehead atoms. The van der Waals surface area contributed by atoms with Crippen molar-refractivity contribution in [3.8, 4) is 0 Å². The number of nitrogens with one attached hydrogen (secondary N) is 1. The summed E-state index contributed by atoms with van der Waals surface area (Å²) < 4.78 is 11.6. The Morgan fingerprint density at radius 2 is 1.83 bits per heavy atom. The summed E-state index contributed by atoms with van der Waals surface area (Å²) in [6.07, 6.45) is 5.37. The van der Waals surface area contributed by atoms with E-state index < -0.39 is 0 Å². The van der Waals surface area contributed by atoms with E-state index in [0.717, 1.165) is 39.1 Å². The monoisotopic (exact) mass is 258 g/mol. The molecule has 0 aromatic heterocycles. The summed E-state index contributed by atoms with van der Waals surface area (Å²) in [5.74, 6) is 6.52. The second-order valence-corrected chi connectivity index (χ2v) is 5.25. The number of rotatable bonds is 8. The van der Waals surface area contributed by atoms with Gasteiger partial charge in [-0.25, -0.2) is 0 Å². The molecule has 1 unspecified atom stereocenters. The van der Waals surface area contributed by atoms with E-state index in [1.54, 1.807) is 0 Å². The first-order chi connectivity index (χ1) is 8.72. The normalized spacial score (nSPS) is 21.2. The molecule has 1 heterocycles. The summed E-state index contributed by atoms with van der Waals surface area (Å²) in [4.78, 5) is 0. The average molecular weight is 258 g/mol. The van der Waals surface area contributed by atoms with Gasteiger partial charge in [-0.05, 0) is 19.3 Å². The Labute approximate surface area is 112 Å². The van der Waals surface area contributed by atoms with Crippen molar-refractivity contribution in [1.29, 1.82) is 0 Å². The van der Waals surface area contributed by atoms with Crippen LogP contribution >= 0.6 is 0 Å². The number of hydrogen-bond acceptors (Lipinski definition) is 4. The SMILES string of the molecule is CCOC1(C(CC(CC)CC)NN)CCOCC1. The lowest BCUT2D eigenvalue weighted by Crippen LogP contribution is -2.58. The smallest absolute Gasteiger partial charge is 0.0891 e. The van der Waals surface area contributed by atoms with Crippen LogP contribution in [0.5, 0.6) is 0 Å². The van der Waals surface area contributed by atoms with Gasteiger partial charge in [-0.15, -0.1) is 0 Å². The fourth-order valence-electron chi connectivity index (χ4n) is 2.99. The molecular weight excluding hydrogens is 228 g/mol.